The van der Waals surface area contributed by atoms with E-state index >= 15 is 0 Å². The molecule has 0 bridgehead atoms. The Bertz CT molecular complexity index is 401. The molecule has 1 heterocycles. The summed E-state index contributed by atoms with van der Waals surface area (Å²) in [5, 5.41) is 3.27. The van der Waals surface area contributed by atoms with Crippen molar-refractivity contribution in [2.24, 2.45) is 5.92 Å². The lowest BCUT2D eigenvalue weighted by atomic mass is 10.0. The van der Waals surface area contributed by atoms with Crippen LogP contribution in [0.2, 0.25) is 0 Å². The molecule has 1 fully saturated rings. The highest BCUT2D eigenvalue weighted by atomic mass is 32.2. The fourth-order valence-corrected chi connectivity index (χ4v) is 4.38. The average Bonchev–Trinajstić information content (AvgIpc) is 2.34. The summed E-state index contributed by atoms with van der Waals surface area (Å²) >= 11 is 0. The molecule has 5 nitrogen and oxygen atoms in total. The molecule has 6 heteroatoms. The van der Waals surface area contributed by atoms with E-state index in [1.54, 1.807) is 4.90 Å². The molecule has 118 valence electrons. The largest absolute Gasteiger partial charge is 0.339 e. The highest BCUT2D eigenvalue weighted by Gasteiger charge is 2.28. The number of nitrogens with zero attached hydrogens (tertiary/aromatic N) is 1. The Morgan fingerprint density at radius 3 is 2.40 bits per heavy atom. The van der Waals surface area contributed by atoms with E-state index in [2.05, 4.69) is 5.32 Å². The van der Waals surface area contributed by atoms with Crippen molar-refractivity contribution < 1.29 is 13.2 Å². The molecule has 1 aliphatic heterocycles. The van der Waals surface area contributed by atoms with Gasteiger partial charge in [0.05, 0.1) is 5.75 Å². The normalized spacial score (nSPS) is 17.4. The van der Waals surface area contributed by atoms with Gasteiger partial charge in [0.1, 0.15) is 5.75 Å². The quantitative estimate of drug-likeness (QED) is 0.763. The summed E-state index contributed by atoms with van der Waals surface area (Å²) in [5.74, 6) is -0.411. The third kappa shape index (κ3) is 5.79. The van der Waals surface area contributed by atoms with Crippen LogP contribution in [0, 0.1) is 5.92 Å². The van der Waals surface area contributed by atoms with Crippen molar-refractivity contribution >= 4 is 15.7 Å². The summed E-state index contributed by atoms with van der Waals surface area (Å²) in [6.07, 6.45) is 2.69. The van der Waals surface area contributed by atoms with Gasteiger partial charge in [-0.2, -0.15) is 0 Å². The standard InChI is InChI=1S/C14H28N2O3S/c1-4-9-16(13-5-7-15-8-6-13)14(17)11-20(18,19)10-12(2)3/h12-13,15H,4-11H2,1-3H3. The van der Waals surface area contributed by atoms with Crippen LogP contribution in [0.4, 0.5) is 0 Å². The van der Waals surface area contributed by atoms with Crippen molar-refractivity contribution in [3.8, 4) is 0 Å². The summed E-state index contributed by atoms with van der Waals surface area (Å²) in [6, 6.07) is 0.193. The molecule has 0 radical (unpaired) electrons. The van der Waals surface area contributed by atoms with E-state index in [0.717, 1.165) is 32.4 Å². The van der Waals surface area contributed by atoms with Gasteiger partial charge in [0.2, 0.25) is 5.91 Å². The van der Waals surface area contributed by atoms with Gasteiger partial charge in [0.15, 0.2) is 9.84 Å². The van der Waals surface area contributed by atoms with E-state index in [1.807, 2.05) is 20.8 Å². The van der Waals surface area contributed by atoms with Crippen molar-refractivity contribution in [2.45, 2.75) is 46.1 Å². The third-order valence-electron chi connectivity index (χ3n) is 3.46. The first-order valence-electron chi connectivity index (χ1n) is 7.56. The molecule has 20 heavy (non-hydrogen) atoms. The molecule has 0 aliphatic carbocycles. The first kappa shape index (κ1) is 17.4. The van der Waals surface area contributed by atoms with Gasteiger partial charge >= 0.3 is 0 Å². The van der Waals surface area contributed by atoms with Crippen molar-refractivity contribution in [3.63, 3.8) is 0 Å². The van der Waals surface area contributed by atoms with Crippen LogP contribution in [0.1, 0.15) is 40.0 Å². The molecule has 0 aromatic rings. The van der Waals surface area contributed by atoms with Crippen LogP contribution in [0.5, 0.6) is 0 Å². The predicted molar refractivity (Wildman–Crippen MR) is 81.4 cm³/mol. The number of amides is 1. The topological polar surface area (TPSA) is 66.5 Å². The van der Waals surface area contributed by atoms with Gasteiger partial charge in [-0.15, -0.1) is 0 Å². The fraction of sp³-hybridized carbons (Fsp3) is 0.929. The molecule has 0 spiro atoms. The van der Waals surface area contributed by atoms with E-state index in [9.17, 15) is 13.2 Å². The number of sulfone groups is 1. The maximum Gasteiger partial charge on any atom is 0.238 e. The number of carbonyl (C=O) groups excluding carboxylic acids is 1. The van der Waals surface area contributed by atoms with E-state index in [4.69, 9.17) is 0 Å². The molecule has 0 aromatic heterocycles. The maximum absolute atomic E-state index is 12.4. The number of piperidine rings is 1. The van der Waals surface area contributed by atoms with Gasteiger partial charge in [-0.1, -0.05) is 20.8 Å². The lowest BCUT2D eigenvalue weighted by Gasteiger charge is -2.34. The van der Waals surface area contributed by atoms with Crippen LogP contribution in [0.3, 0.4) is 0 Å². The Morgan fingerprint density at radius 2 is 1.90 bits per heavy atom. The summed E-state index contributed by atoms with van der Waals surface area (Å²) in [7, 11) is -3.29. The third-order valence-corrected chi connectivity index (χ3v) is 5.33. The first-order valence-corrected chi connectivity index (χ1v) is 9.38. The maximum atomic E-state index is 12.4. The number of rotatable bonds is 7. The van der Waals surface area contributed by atoms with Gasteiger partial charge in [0.25, 0.3) is 0 Å². The zero-order valence-electron chi connectivity index (χ0n) is 12.9. The summed E-state index contributed by atoms with van der Waals surface area (Å²) in [6.45, 7) is 8.19. The molecular weight excluding hydrogens is 276 g/mol. The van der Waals surface area contributed by atoms with Crippen molar-refractivity contribution in [2.75, 3.05) is 31.1 Å². The van der Waals surface area contributed by atoms with Crippen LogP contribution in [-0.4, -0.2) is 56.4 Å². The van der Waals surface area contributed by atoms with Crippen LogP contribution in [0.15, 0.2) is 0 Å². The van der Waals surface area contributed by atoms with Crippen molar-refractivity contribution in [1.29, 1.82) is 0 Å². The van der Waals surface area contributed by atoms with Crippen molar-refractivity contribution in [1.82, 2.24) is 10.2 Å². The number of hydrogen-bond donors (Lipinski definition) is 1. The molecule has 1 aliphatic rings. The Morgan fingerprint density at radius 1 is 1.30 bits per heavy atom. The fourth-order valence-electron chi connectivity index (χ4n) is 2.71. The molecule has 0 saturated carbocycles. The second-order valence-electron chi connectivity index (χ2n) is 6.02. The van der Waals surface area contributed by atoms with Gasteiger partial charge in [-0.25, -0.2) is 8.42 Å². The molecule has 0 aromatic carbocycles. The summed E-state index contributed by atoms with van der Waals surface area (Å²) in [5.41, 5.74) is 0. The van der Waals surface area contributed by atoms with Crippen LogP contribution < -0.4 is 5.32 Å². The molecule has 0 unspecified atom stereocenters. The SMILES string of the molecule is CCCN(C(=O)CS(=O)(=O)CC(C)C)C1CCNCC1. The van der Waals surface area contributed by atoms with Gasteiger partial charge < -0.3 is 10.2 Å². The highest BCUT2D eigenvalue weighted by molar-refractivity contribution is 7.92. The van der Waals surface area contributed by atoms with Crippen LogP contribution in [-0.2, 0) is 14.6 Å². The Labute approximate surface area is 123 Å². The average molecular weight is 304 g/mol. The Balaban J connectivity index is 2.68. The van der Waals surface area contributed by atoms with Crippen molar-refractivity contribution in [3.05, 3.63) is 0 Å². The minimum Gasteiger partial charge on any atom is -0.339 e. The van der Waals surface area contributed by atoms with Gasteiger partial charge in [-0.3, -0.25) is 4.79 Å². The molecule has 1 saturated heterocycles. The highest BCUT2D eigenvalue weighted by Crippen LogP contribution is 2.14. The van der Waals surface area contributed by atoms with Gasteiger partial charge in [0, 0.05) is 12.6 Å². The minimum absolute atomic E-state index is 0.0614. The lowest BCUT2D eigenvalue weighted by Crippen LogP contribution is -2.48. The van der Waals surface area contributed by atoms with E-state index in [0.29, 0.717) is 6.54 Å². The number of nitrogens with one attached hydrogen (secondary N) is 1. The Kier molecular flexibility index (Phi) is 6.95. The monoisotopic (exact) mass is 304 g/mol. The molecule has 1 N–H and O–H groups in total. The number of carbonyl (C=O) groups is 1. The lowest BCUT2D eigenvalue weighted by molar-refractivity contribution is -0.131. The summed E-state index contributed by atoms with van der Waals surface area (Å²) < 4.78 is 24.0. The minimum atomic E-state index is -3.29. The first-order chi connectivity index (χ1) is 9.35. The zero-order chi connectivity index (χ0) is 15.2. The van der Waals surface area contributed by atoms with E-state index < -0.39 is 9.84 Å². The zero-order valence-corrected chi connectivity index (χ0v) is 13.7. The number of hydrogen-bond acceptors (Lipinski definition) is 4. The van der Waals surface area contributed by atoms with Crippen LogP contribution >= 0.6 is 0 Å². The second-order valence-corrected chi connectivity index (χ2v) is 8.13. The molecule has 1 amide bonds. The predicted octanol–water partition coefficient (Wildman–Crippen LogP) is 1.05. The summed E-state index contributed by atoms with van der Waals surface area (Å²) in [4.78, 5) is 14.1. The molecule has 0 atom stereocenters. The van der Waals surface area contributed by atoms with Gasteiger partial charge in [-0.05, 0) is 38.3 Å². The van der Waals surface area contributed by atoms with Crippen LogP contribution in [0.25, 0.3) is 0 Å². The van der Waals surface area contributed by atoms with E-state index in [-0.39, 0.29) is 29.4 Å². The second kappa shape index (κ2) is 7.98. The van der Waals surface area contributed by atoms with E-state index in [1.165, 1.54) is 0 Å². The Hall–Kier alpha value is -0.620. The smallest absolute Gasteiger partial charge is 0.238 e. The molecular formula is C14H28N2O3S. The molecule has 1 rings (SSSR count).